The number of benzene rings is 4. The van der Waals surface area contributed by atoms with E-state index in [-0.39, 0.29) is 31.9 Å². The van der Waals surface area contributed by atoms with E-state index in [0.717, 1.165) is 66.7 Å². The number of nitrogens with zero attached hydrogens (tertiary/aromatic N) is 5. The van der Waals surface area contributed by atoms with Gasteiger partial charge in [-0.15, -0.1) is 17.7 Å². The van der Waals surface area contributed by atoms with Crippen molar-refractivity contribution in [3.05, 3.63) is 155 Å². The third kappa shape index (κ3) is 8.32. The molecule has 327 valence electrons. The molecule has 0 aliphatic heterocycles. The molecule has 0 unspecified atom stereocenters. The molecule has 0 amide bonds. The first-order chi connectivity index (χ1) is 30.3. The van der Waals surface area contributed by atoms with Gasteiger partial charge in [0.05, 0.1) is 34.3 Å². The molecule has 5 aromatic heterocycles. The van der Waals surface area contributed by atoms with Crippen LogP contribution in [0.5, 0.6) is 0 Å². The predicted molar refractivity (Wildman–Crippen MR) is 264 cm³/mol. The molecular formula is C56H57GeIrN5O-2. The summed E-state index contributed by atoms with van der Waals surface area (Å²) in [5.74, 6) is 8.76. The molecule has 0 atom stereocenters. The Morgan fingerprint density at radius 3 is 2.11 bits per heavy atom. The van der Waals surface area contributed by atoms with Crippen molar-refractivity contribution in [3.63, 3.8) is 0 Å². The molecule has 1 aliphatic rings. The Balaban J connectivity index is 0.000000224. The van der Waals surface area contributed by atoms with E-state index in [1.165, 1.54) is 64.9 Å². The number of furan rings is 1. The predicted octanol–water partition coefficient (Wildman–Crippen LogP) is 14.0. The second-order valence-electron chi connectivity index (χ2n) is 18.9. The van der Waals surface area contributed by atoms with Gasteiger partial charge in [0.2, 0.25) is 0 Å². The minimum absolute atomic E-state index is 0. The van der Waals surface area contributed by atoms with Gasteiger partial charge in [-0.05, 0) is 71.7 Å². The van der Waals surface area contributed by atoms with E-state index in [1.54, 1.807) is 9.96 Å². The summed E-state index contributed by atoms with van der Waals surface area (Å²) in [7, 11) is 0. The van der Waals surface area contributed by atoms with Gasteiger partial charge in [0, 0.05) is 43.6 Å². The van der Waals surface area contributed by atoms with E-state index in [0.29, 0.717) is 0 Å². The second kappa shape index (κ2) is 18.3. The maximum Gasteiger partial charge on any atom is 0 e. The minimum Gasteiger partial charge on any atom is 0 e. The van der Waals surface area contributed by atoms with E-state index in [2.05, 4.69) is 152 Å². The summed E-state index contributed by atoms with van der Waals surface area (Å²) >= 11 is -1.83. The fraction of sp³-hybridized carbons (Fsp3) is 0.286. The van der Waals surface area contributed by atoms with Crippen LogP contribution in [0.15, 0.2) is 108 Å². The van der Waals surface area contributed by atoms with Crippen molar-refractivity contribution < 1.29 is 24.5 Å². The summed E-state index contributed by atoms with van der Waals surface area (Å²) in [6, 6.07) is 34.6. The molecule has 10 rings (SSSR count). The van der Waals surface area contributed by atoms with E-state index < -0.39 is 13.3 Å². The molecule has 6 nitrogen and oxygen atoms in total. The van der Waals surface area contributed by atoms with Crippen LogP contribution in [0.4, 0.5) is 0 Å². The Labute approximate surface area is 394 Å². The molecule has 0 saturated carbocycles. The standard InChI is InChI=1S/C38H35N4O.C18H22GeN.Ir/c1-21(2)30-17-27(26-11-9-8-10-12-26)18-31(22(3)4)35(30)42-34-24(6)19-39-20-32(34)41-38(42)29-14-13-23(5)33-28-15-16-40-25(7)36(28)43-37(29)33;1-19(2,3)17-13-20-18(14-9-5-4-6-10-14)16-12-8-7-11-15(16)17;/h8-13,15-22H,1-7H3;4-6,9,13H,7-8,11-12H2,1-3H3;/q2*-1;. The van der Waals surface area contributed by atoms with Crippen LogP contribution in [0, 0.1) is 32.9 Å². The third-order valence-electron chi connectivity index (χ3n) is 12.7. The van der Waals surface area contributed by atoms with Gasteiger partial charge < -0.3 is 8.98 Å². The van der Waals surface area contributed by atoms with Gasteiger partial charge in [0.25, 0.3) is 0 Å². The zero-order valence-corrected chi connectivity index (χ0v) is 43.3. The Hall–Kier alpha value is -5.21. The van der Waals surface area contributed by atoms with E-state index >= 15 is 0 Å². The quantitative estimate of drug-likeness (QED) is 0.117. The van der Waals surface area contributed by atoms with Crippen LogP contribution in [-0.4, -0.2) is 37.8 Å². The topological polar surface area (TPSA) is 69.6 Å². The largest absolute Gasteiger partial charge is 0 e. The average molecular weight is 1080 g/mol. The minimum atomic E-state index is -1.83. The monoisotopic (exact) mass is 1080 g/mol. The third-order valence-corrected chi connectivity index (χ3v) is 17.0. The van der Waals surface area contributed by atoms with Crippen LogP contribution in [0.3, 0.4) is 0 Å². The molecule has 64 heavy (non-hydrogen) atoms. The molecule has 1 aliphatic carbocycles. The van der Waals surface area contributed by atoms with Gasteiger partial charge in [-0.1, -0.05) is 75.9 Å². The smallest absolute Gasteiger partial charge is 0 e. The number of aryl methyl sites for hydroxylation is 3. The fourth-order valence-electron chi connectivity index (χ4n) is 9.56. The first-order valence-electron chi connectivity index (χ1n) is 22.6. The van der Waals surface area contributed by atoms with Gasteiger partial charge in [-0.25, -0.2) is 0 Å². The fourth-order valence-corrected chi connectivity index (χ4v) is 13.0. The summed E-state index contributed by atoms with van der Waals surface area (Å²) < 4.78 is 10.6. The summed E-state index contributed by atoms with van der Waals surface area (Å²) in [5, 5.41) is 2.14. The normalized spacial score (nSPS) is 12.8. The van der Waals surface area contributed by atoms with Crippen LogP contribution >= 0.6 is 0 Å². The van der Waals surface area contributed by atoms with Crippen molar-refractivity contribution in [1.29, 1.82) is 0 Å². The van der Waals surface area contributed by atoms with Crippen LogP contribution in [0.2, 0.25) is 17.3 Å². The van der Waals surface area contributed by atoms with E-state index in [1.807, 2.05) is 43.7 Å². The van der Waals surface area contributed by atoms with E-state index in [4.69, 9.17) is 14.4 Å². The number of hydrogen-bond donors (Lipinski definition) is 0. The SMILES string of the molecule is Cc1nccc2c1oc1c(-c3nc4cncc(C)c4n3-c3c(C(C)C)cc(-c4ccccc4)cc3C(C)C)[c-]cc(C)c12.[CH3][Ge]([CH3])([CH3])[c]1cnc(-c2[c-]cccc2)c2c1CCCC2.[Ir]. The van der Waals surface area contributed by atoms with Gasteiger partial charge in [0.15, 0.2) is 0 Å². The maximum atomic E-state index is 6.64. The molecule has 5 heterocycles. The van der Waals surface area contributed by atoms with E-state index in [9.17, 15) is 0 Å². The Kier molecular flexibility index (Phi) is 13.0. The summed E-state index contributed by atoms with van der Waals surface area (Å²) in [4.78, 5) is 19.1. The molecule has 8 heteroatoms. The van der Waals surface area contributed by atoms with Crippen molar-refractivity contribution in [2.75, 3.05) is 0 Å². The van der Waals surface area contributed by atoms with Crippen LogP contribution < -0.4 is 4.40 Å². The molecule has 4 aromatic carbocycles. The first kappa shape index (κ1) is 45.4. The van der Waals surface area contributed by atoms with Crippen LogP contribution in [0.1, 0.15) is 91.4 Å². The molecule has 0 bridgehead atoms. The Morgan fingerprint density at radius 1 is 0.734 bits per heavy atom. The molecule has 1 radical (unpaired) electrons. The molecule has 0 fully saturated rings. The van der Waals surface area contributed by atoms with Crippen molar-refractivity contribution in [2.45, 2.75) is 103 Å². The van der Waals surface area contributed by atoms with Gasteiger partial charge in [0.1, 0.15) is 5.58 Å². The molecular weight excluding hydrogens is 1020 g/mol. The maximum absolute atomic E-state index is 6.64. The van der Waals surface area contributed by atoms with Crippen LogP contribution in [0.25, 0.3) is 72.4 Å². The van der Waals surface area contributed by atoms with Crippen molar-refractivity contribution in [1.82, 2.24) is 24.5 Å². The number of aromatic nitrogens is 5. The Morgan fingerprint density at radius 2 is 1.44 bits per heavy atom. The summed E-state index contributed by atoms with van der Waals surface area (Å²) in [5.41, 5.74) is 19.0. The van der Waals surface area contributed by atoms with Gasteiger partial charge >= 0.3 is 125 Å². The second-order valence-corrected chi connectivity index (χ2v) is 29.5. The number of imidazole rings is 1. The molecule has 9 aromatic rings. The number of rotatable bonds is 7. The van der Waals surface area contributed by atoms with Crippen molar-refractivity contribution in [3.8, 4) is 39.5 Å². The summed E-state index contributed by atoms with van der Waals surface area (Å²) in [6.07, 6.45) is 12.9. The molecule has 0 saturated heterocycles. The van der Waals surface area contributed by atoms with Crippen molar-refractivity contribution >= 4 is 50.6 Å². The number of pyridine rings is 3. The zero-order chi connectivity index (χ0) is 44.2. The van der Waals surface area contributed by atoms with Crippen molar-refractivity contribution in [2.24, 2.45) is 0 Å². The average Bonchev–Trinajstić information content (AvgIpc) is 3.88. The zero-order valence-electron chi connectivity index (χ0n) is 38.8. The molecule has 0 spiro atoms. The van der Waals surface area contributed by atoms with Gasteiger partial charge in [-0.2, -0.15) is 0 Å². The summed E-state index contributed by atoms with van der Waals surface area (Å²) in [6.45, 7) is 15.3. The first-order valence-corrected chi connectivity index (χ1v) is 29.9. The van der Waals surface area contributed by atoms with Gasteiger partial charge in [-0.3, -0.25) is 15.0 Å². The number of fused-ring (bicyclic) bond motifs is 5. The Bertz CT molecular complexity index is 3110. The molecule has 0 N–H and O–H groups in total. The van der Waals surface area contributed by atoms with Crippen LogP contribution in [-0.2, 0) is 32.9 Å². The number of hydrogen-bond acceptors (Lipinski definition) is 5.